The smallest absolute Gasteiger partial charge is 0.143 e. The van der Waals surface area contributed by atoms with Gasteiger partial charge in [0.15, 0.2) is 0 Å². The standard InChI is InChI=1S/C46H38N2O/c1-3-5-9-19-35(4-2)48-42-26-14-12-22-38(42)40-31-30-34-29-28-33(37-24-16-25-41-39-23-13-15-27-43(39)49-46(37)41)18-17-32-47(44(34)45(40)48)36-20-10-7-6-8-11-21-36/h3-4,7,9-32H,1,5-6,8H2,2H3/b10-7-,19-9-,21-11-,29-28?,32-17?,33-18?,35-4+,36-20+. The minimum Gasteiger partial charge on any atom is -0.455 e. The molecule has 0 bridgehead atoms. The van der Waals surface area contributed by atoms with Crippen LogP contribution < -0.4 is 0 Å². The van der Waals surface area contributed by atoms with Crippen molar-refractivity contribution in [2.24, 2.45) is 0 Å². The molecule has 3 heterocycles. The molecule has 0 N–H and O–H groups in total. The predicted octanol–water partition coefficient (Wildman–Crippen LogP) is 13.2. The Morgan fingerprint density at radius 3 is 2.49 bits per heavy atom. The summed E-state index contributed by atoms with van der Waals surface area (Å²) in [5, 5.41) is 5.81. The van der Waals surface area contributed by atoms with Crippen molar-refractivity contribution in [2.75, 3.05) is 0 Å². The van der Waals surface area contributed by atoms with Crippen LogP contribution >= 0.6 is 0 Å². The fourth-order valence-electron chi connectivity index (χ4n) is 7.08. The van der Waals surface area contributed by atoms with Gasteiger partial charge in [-0.1, -0.05) is 121 Å². The fourth-order valence-corrected chi connectivity index (χ4v) is 7.08. The van der Waals surface area contributed by atoms with Gasteiger partial charge in [0.25, 0.3) is 0 Å². The van der Waals surface area contributed by atoms with Gasteiger partial charge in [-0.3, -0.25) is 0 Å². The van der Waals surface area contributed by atoms with E-state index in [2.05, 4.69) is 168 Å². The molecule has 0 saturated carbocycles. The molecule has 0 aliphatic heterocycles. The predicted molar refractivity (Wildman–Crippen MR) is 211 cm³/mol. The zero-order valence-corrected chi connectivity index (χ0v) is 27.7. The van der Waals surface area contributed by atoms with E-state index in [0.29, 0.717) is 0 Å². The Labute approximate surface area is 286 Å². The molecule has 3 nitrogen and oxygen atoms in total. The highest BCUT2D eigenvalue weighted by atomic mass is 16.3. The quantitative estimate of drug-likeness (QED) is 0.132. The number of fused-ring (bicyclic) bond motifs is 8. The molecular formula is C46H38N2O. The van der Waals surface area contributed by atoms with E-state index in [1.165, 1.54) is 16.3 Å². The van der Waals surface area contributed by atoms with Crippen molar-refractivity contribution in [3.8, 4) is 11.1 Å². The first-order valence-electron chi connectivity index (χ1n) is 17.1. The summed E-state index contributed by atoms with van der Waals surface area (Å²) >= 11 is 0. The normalized spacial score (nSPS) is 16.2. The van der Waals surface area contributed by atoms with Gasteiger partial charge in [-0.15, -0.1) is 6.58 Å². The number of benzene rings is 4. The molecule has 0 saturated heterocycles. The number of allylic oxidation sites excluding steroid dienone is 11. The minimum atomic E-state index is 0.806. The number of rotatable bonds is 6. The summed E-state index contributed by atoms with van der Waals surface area (Å²) in [5.74, 6) is 0. The number of hydrogen-bond donors (Lipinski definition) is 0. The number of hydrogen-bond acceptors (Lipinski definition) is 1. The molecule has 1 aliphatic rings. The average Bonchev–Trinajstić information content (AvgIpc) is 3.68. The van der Waals surface area contributed by atoms with E-state index in [-0.39, 0.29) is 0 Å². The Balaban J connectivity index is 1.50. The van der Waals surface area contributed by atoms with E-state index in [0.717, 1.165) is 80.1 Å². The number of furan rings is 1. The third-order valence-corrected chi connectivity index (χ3v) is 9.37. The lowest BCUT2D eigenvalue weighted by Gasteiger charge is -2.15. The van der Waals surface area contributed by atoms with Crippen LogP contribution in [-0.2, 0) is 0 Å². The van der Waals surface area contributed by atoms with Crippen molar-refractivity contribution in [3.05, 3.63) is 171 Å². The van der Waals surface area contributed by atoms with E-state index in [1.54, 1.807) is 0 Å². The lowest BCUT2D eigenvalue weighted by atomic mass is 10.0. The number of nitrogens with zero attached hydrogens (tertiary/aromatic N) is 2. The van der Waals surface area contributed by atoms with Gasteiger partial charge in [-0.2, -0.15) is 0 Å². The van der Waals surface area contributed by atoms with E-state index in [4.69, 9.17) is 4.42 Å². The van der Waals surface area contributed by atoms with Gasteiger partial charge in [0.2, 0.25) is 0 Å². The molecule has 3 aromatic heterocycles. The number of para-hydroxylation sites is 3. The second-order valence-corrected chi connectivity index (χ2v) is 12.3. The van der Waals surface area contributed by atoms with Gasteiger partial charge in [0.1, 0.15) is 11.2 Å². The van der Waals surface area contributed by atoms with Crippen LogP contribution in [0.4, 0.5) is 0 Å². The summed E-state index contributed by atoms with van der Waals surface area (Å²) in [6.45, 7) is 6.05. The molecule has 0 amide bonds. The molecule has 7 aromatic rings. The Kier molecular flexibility index (Phi) is 8.17. The molecule has 1 aliphatic carbocycles. The average molecular weight is 635 g/mol. The summed E-state index contributed by atoms with van der Waals surface area (Å²) in [7, 11) is 0. The lowest BCUT2D eigenvalue weighted by molar-refractivity contribution is 0.670. The zero-order chi connectivity index (χ0) is 33.2. The molecule has 8 rings (SSSR count). The van der Waals surface area contributed by atoms with Crippen molar-refractivity contribution in [3.63, 3.8) is 0 Å². The van der Waals surface area contributed by atoms with Crippen molar-refractivity contribution in [2.45, 2.75) is 26.2 Å². The molecular weight excluding hydrogens is 597 g/mol. The van der Waals surface area contributed by atoms with Crippen molar-refractivity contribution in [1.29, 1.82) is 0 Å². The molecule has 0 radical (unpaired) electrons. The van der Waals surface area contributed by atoms with Crippen LogP contribution in [-0.4, -0.2) is 9.13 Å². The van der Waals surface area contributed by atoms with Gasteiger partial charge in [-0.05, 0) is 68.2 Å². The second-order valence-electron chi connectivity index (χ2n) is 12.3. The van der Waals surface area contributed by atoms with E-state index in [9.17, 15) is 0 Å². The van der Waals surface area contributed by atoms with Crippen LogP contribution in [0.3, 0.4) is 0 Å². The summed E-state index contributed by atoms with van der Waals surface area (Å²) in [4.78, 5) is 0. The molecule has 0 spiro atoms. The van der Waals surface area contributed by atoms with Gasteiger partial charge < -0.3 is 13.6 Å². The molecule has 49 heavy (non-hydrogen) atoms. The summed E-state index contributed by atoms with van der Waals surface area (Å²) in [5.41, 5.74) is 9.63. The van der Waals surface area contributed by atoms with Crippen LogP contribution in [0.25, 0.3) is 77.2 Å². The highest BCUT2D eigenvalue weighted by Crippen LogP contribution is 2.39. The largest absolute Gasteiger partial charge is 0.455 e. The molecule has 0 atom stereocenters. The van der Waals surface area contributed by atoms with Crippen molar-refractivity contribution < 1.29 is 4.42 Å². The SMILES string of the molecule is C=CC/C=C\C(=C/C)n1c2ccccc2c2ccc3ccc(-c4cccc5c4oc4ccccc45)cccn(C4=C/C=C\CC/C=C\4)c3c21. The summed E-state index contributed by atoms with van der Waals surface area (Å²) in [6, 6.07) is 36.8. The molecule has 3 heteroatoms. The third kappa shape index (κ3) is 5.44. The monoisotopic (exact) mass is 634 g/mol. The Morgan fingerprint density at radius 2 is 1.59 bits per heavy atom. The van der Waals surface area contributed by atoms with Crippen LogP contribution in [0, 0.1) is 0 Å². The van der Waals surface area contributed by atoms with Gasteiger partial charge in [0, 0.05) is 50.1 Å². The van der Waals surface area contributed by atoms with Crippen LogP contribution in [0.5, 0.6) is 0 Å². The van der Waals surface area contributed by atoms with Crippen LogP contribution in [0.15, 0.2) is 175 Å². The first-order chi connectivity index (χ1) is 24.3. The van der Waals surface area contributed by atoms with Gasteiger partial charge in [-0.25, -0.2) is 0 Å². The van der Waals surface area contributed by atoms with Gasteiger partial charge in [0.05, 0.1) is 16.6 Å². The van der Waals surface area contributed by atoms with Crippen molar-refractivity contribution in [1.82, 2.24) is 9.13 Å². The fraction of sp³-hybridized carbons (Fsp3) is 0.0870. The summed E-state index contributed by atoms with van der Waals surface area (Å²) < 4.78 is 11.3. The highest BCUT2D eigenvalue weighted by molar-refractivity contribution is 6.19. The maximum absolute atomic E-state index is 6.48. The molecule has 238 valence electrons. The Hall–Kier alpha value is -6.06. The Bertz CT molecular complexity index is 2610. The Morgan fingerprint density at radius 1 is 0.776 bits per heavy atom. The molecule has 0 fully saturated rings. The van der Waals surface area contributed by atoms with Crippen molar-refractivity contribution >= 4 is 66.0 Å². The minimum absolute atomic E-state index is 0.806. The third-order valence-electron chi connectivity index (χ3n) is 9.37. The number of aromatic nitrogens is 2. The van der Waals surface area contributed by atoms with E-state index < -0.39 is 0 Å². The second kappa shape index (κ2) is 13.2. The molecule has 4 aromatic carbocycles. The maximum atomic E-state index is 6.48. The molecule has 0 unspecified atom stereocenters. The first kappa shape index (κ1) is 30.3. The van der Waals surface area contributed by atoms with E-state index in [1.807, 2.05) is 18.2 Å². The van der Waals surface area contributed by atoms with E-state index >= 15 is 0 Å². The first-order valence-corrected chi connectivity index (χ1v) is 17.1. The highest BCUT2D eigenvalue weighted by Gasteiger charge is 2.17. The summed E-state index contributed by atoms with van der Waals surface area (Å²) in [6.07, 6.45) is 24.8. The lowest BCUT2D eigenvalue weighted by Crippen LogP contribution is -2.01. The maximum Gasteiger partial charge on any atom is 0.143 e. The van der Waals surface area contributed by atoms with Crippen LogP contribution in [0.2, 0.25) is 0 Å². The van der Waals surface area contributed by atoms with Crippen LogP contribution in [0.1, 0.15) is 26.2 Å². The van der Waals surface area contributed by atoms with Gasteiger partial charge >= 0.3 is 0 Å². The zero-order valence-electron chi connectivity index (χ0n) is 27.7. The topological polar surface area (TPSA) is 23.0 Å².